The summed E-state index contributed by atoms with van der Waals surface area (Å²) in [5, 5.41) is 14.1. The van der Waals surface area contributed by atoms with Crippen LogP contribution in [-0.2, 0) is 18.4 Å². The van der Waals surface area contributed by atoms with E-state index in [-0.39, 0.29) is 19.1 Å². The molecule has 0 aromatic rings. The summed E-state index contributed by atoms with van der Waals surface area (Å²) in [5.74, 6) is -0.156. The molecule has 0 bridgehead atoms. The Hall–Kier alpha value is -1.02. The molecule has 0 aromatic heterocycles. The van der Waals surface area contributed by atoms with Gasteiger partial charge in [0.05, 0.1) is 39.9 Å². The highest BCUT2D eigenvalue weighted by Crippen LogP contribution is 2.38. The van der Waals surface area contributed by atoms with Crippen LogP contribution >= 0.6 is 7.82 Å². The van der Waals surface area contributed by atoms with Gasteiger partial charge >= 0.3 is 0 Å². The van der Waals surface area contributed by atoms with Crippen LogP contribution in [0.3, 0.4) is 0 Å². The van der Waals surface area contributed by atoms with Crippen molar-refractivity contribution >= 4 is 13.7 Å². The van der Waals surface area contributed by atoms with Crippen molar-refractivity contribution in [3.63, 3.8) is 0 Å². The molecule has 494 valence electrons. The van der Waals surface area contributed by atoms with E-state index in [9.17, 15) is 19.4 Å². The summed E-state index contributed by atoms with van der Waals surface area (Å²) in [5.41, 5.74) is 0. The van der Waals surface area contributed by atoms with E-state index in [1.165, 1.54) is 321 Å². The Morgan fingerprint density at radius 3 is 1.00 bits per heavy atom. The second-order valence-corrected chi connectivity index (χ2v) is 28.4. The van der Waals surface area contributed by atoms with Gasteiger partial charge in [0.2, 0.25) is 5.91 Å². The number of rotatable bonds is 70. The van der Waals surface area contributed by atoms with Gasteiger partial charge in [0.15, 0.2) is 0 Å². The van der Waals surface area contributed by atoms with Crippen molar-refractivity contribution in [1.29, 1.82) is 0 Å². The average Bonchev–Trinajstić information content (AvgIpc) is 3.49. The van der Waals surface area contributed by atoms with Gasteiger partial charge in [0, 0.05) is 6.42 Å². The summed E-state index contributed by atoms with van der Waals surface area (Å²) in [7, 11) is 1.33. The lowest BCUT2D eigenvalue weighted by atomic mass is 10.0. The predicted molar refractivity (Wildman–Crippen MR) is 362 cm³/mol. The monoisotopic (exact) mass is 1190 g/mol. The molecule has 0 aliphatic carbocycles. The number of nitrogens with one attached hydrogen (secondary N) is 1. The maximum absolute atomic E-state index is 13.1. The Kier molecular flexibility index (Phi) is 64.6. The van der Waals surface area contributed by atoms with E-state index in [0.29, 0.717) is 23.9 Å². The van der Waals surface area contributed by atoms with Gasteiger partial charge in [-0.1, -0.05) is 366 Å². The summed E-state index contributed by atoms with van der Waals surface area (Å²) >= 11 is 0. The van der Waals surface area contributed by atoms with Crippen molar-refractivity contribution in [2.24, 2.45) is 0 Å². The highest BCUT2D eigenvalue weighted by molar-refractivity contribution is 7.45. The van der Waals surface area contributed by atoms with Gasteiger partial charge in [0.25, 0.3) is 7.82 Å². The van der Waals surface area contributed by atoms with Crippen LogP contribution in [0.1, 0.15) is 393 Å². The molecule has 0 aromatic carbocycles. The fourth-order valence-corrected chi connectivity index (χ4v) is 12.4. The molecular formula is C74H147N2O6P. The lowest BCUT2D eigenvalue weighted by Gasteiger charge is -2.30. The second-order valence-electron chi connectivity index (χ2n) is 27.0. The number of hydrogen-bond acceptors (Lipinski definition) is 6. The van der Waals surface area contributed by atoms with Crippen LogP contribution in [0.25, 0.3) is 0 Å². The fourth-order valence-electron chi connectivity index (χ4n) is 11.7. The molecule has 0 rings (SSSR count). The smallest absolute Gasteiger partial charge is 0.268 e. The molecule has 0 heterocycles. The molecule has 1 amide bonds. The normalized spacial score (nSPS) is 13.7. The van der Waals surface area contributed by atoms with Crippen LogP contribution in [0.15, 0.2) is 24.3 Å². The van der Waals surface area contributed by atoms with Gasteiger partial charge in [-0.15, -0.1) is 0 Å². The molecular weight excluding hydrogens is 1040 g/mol. The van der Waals surface area contributed by atoms with Crippen LogP contribution in [0.5, 0.6) is 0 Å². The zero-order chi connectivity index (χ0) is 60.5. The standard InChI is InChI=1S/C74H147N2O6P/c1-6-8-10-12-14-16-18-20-22-24-26-28-30-32-34-36-38-40-42-44-46-48-50-52-54-56-58-60-62-64-66-68-74(78)75-72(71-82-83(79,80)81-70-69-76(3,4)5)73(77)67-65-63-61-59-57-55-53-51-49-47-45-43-41-39-37-35-33-31-29-27-25-23-21-19-17-15-13-11-9-7-2/h18,20,24,26,72-73,77H,6-17,19,21-23,25,27-71H2,1-5H3,(H-,75,78,79,80)/b20-18-,26-24-. The maximum atomic E-state index is 13.1. The molecule has 83 heavy (non-hydrogen) atoms. The molecule has 8 nitrogen and oxygen atoms in total. The van der Waals surface area contributed by atoms with Crippen LogP contribution < -0.4 is 10.2 Å². The van der Waals surface area contributed by atoms with E-state index in [0.717, 1.165) is 44.9 Å². The fraction of sp³-hybridized carbons (Fsp3) is 0.932. The van der Waals surface area contributed by atoms with Crippen LogP contribution in [0.2, 0.25) is 0 Å². The van der Waals surface area contributed by atoms with E-state index >= 15 is 0 Å². The van der Waals surface area contributed by atoms with E-state index in [1.807, 2.05) is 21.1 Å². The lowest BCUT2D eigenvalue weighted by molar-refractivity contribution is -0.870. The number of unbranched alkanes of at least 4 members (excludes halogenated alkanes) is 53. The van der Waals surface area contributed by atoms with Gasteiger partial charge in [-0.25, -0.2) is 0 Å². The number of carbonyl (C=O) groups is 1. The van der Waals surface area contributed by atoms with Gasteiger partial charge in [-0.05, 0) is 44.9 Å². The summed E-state index contributed by atoms with van der Waals surface area (Å²) in [6, 6.07) is -0.800. The quantitative estimate of drug-likeness (QED) is 0.0272. The van der Waals surface area contributed by atoms with Gasteiger partial charge < -0.3 is 28.8 Å². The number of phosphoric acid groups is 1. The molecule has 9 heteroatoms. The summed E-state index contributed by atoms with van der Waals surface area (Å²) < 4.78 is 23.6. The summed E-state index contributed by atoms with van der Waals surface area (Å²) in [6.07, 6.45) is 85.6. The predicted octanol–water partition coefficient (Wildman–Crippen LogP) is 23.2. The molecule has 0 spiro atoms. The Labute approximate surface area is 519 Å². The number of quaternary nitrogens is 1. The Balaban J connectivity index is 3.97. The van der Waals surface area contributed by atoms with Crippen LogP contribution in [0, 0.1) is 0 Å². The van der Waals surface area contributed by atoms with E-state index in [2.05, 4.69) is 43.5 Å². The Bertz CT molecular complexity index is 1400. The van der Waals surface area contributed by atoms with Crippen molar-refractivity contribution in [3.8, 4) is 0 Å². The SMILES string of the molecule is CCCCCCC/C=C\C/C=C\CCCCCCCCCCCCCCCCCCCCCC(=O)NC(COP(=O)([O-])OCC[N+](C)(C)C)C(O)CCCCCCCCCCCCCCCCCCCCCCCCCCCCCCCC. The van der Waals surface area contributed by atoms with Gasteiger partial charge in [-0.2, -0.15) is 0 Å². The van der Waals surface area contributed by atoms with E-state index in [1.54, 1.807) is 0 Å². The maximum Gasteiger partial charge on any atom is 0.268 e. The molecule has 0 saturated carbocycles. The molecule has 0 radical (unpaired) electrons. The Morgan fingerprint density at radius 2 is 0.699 bits per heavy atom. The number of nitrogens with zero attached hydrogens (tertiary/aromatic N) is 1. The molecule has 0 aliphatic heterocycles. The largest absolute Gasteiger partial charge is 0.756 e. The molecule has 0 fully saturated rings. The zero-order valence-corrected chi connectivity index (χ0v) is 57.6. The first kappa shape index (κ1) is 82.0. The second kappa shape index (κ2) is 65.4. The molecule has 0 aliphatic rings. The van der Waals surface area contributed by atoms with Crippen LogP contribution in [-0.4, -0.2) is 68.5 Å². The Morgan fingerprint density at radius 1 is 0.422 bits per heavy atom. The van der Waals surface area contributed by atoms with Crippen LogP contribution in [0.4, 0.5) is 0 Å². The zero-order valence-electron chi connectivity index (χ0n) is 56.7. The number of likely N-dealkylation sites (N-methyl/N-ethyl adjacent to an activating group) is 1. The third kappa shape index (κ3) is 68.3. The van der Waals surface area contributed by atoms with E-state index in [4.69, 9.17) is 9.05 Å². The number of carbonyl (C=O) groups excluding carboxylic acids is 1. The highest BCUT2D eigenvalue weighted by Gasteiger charge is 2.24. The van der Waals surface area contributed by atoms with E-state index < -0.39 is 20.0 Å². The number of phosphoric ester groups is 1. The molecule has 2 N–H and O–H groups in total. The minimum Gasteiger partial charge on any atom is -0.756 e. The number of amides is 1. The number of aliphatic hydroxyl groups is 1. The number of hydrogen-bond donors (Lipinski definition) is 2. The van der Waals surface area contributed by atoms with Crippen molar-refractivity contribution < 1.29 is 32.9 Å². The van der Waals surface area contributed by atoms with Gasteiger partial charge in [-0.3, -0.25) is 9.36 Å². The van der Waals surface area contributed by atoms with Gasteiger partial charge in [0.1, 0.15) is 13.2 Å². The highest BCUT2D eigenvalue weighted by atomic mass is 31.2. The summed E-state index contributed by atoms with van der Waals surface area (Å²) in [6.45, 7) is 4.78. The van der Waals surface area contributed by atoms with Crippen molar-refractivity contribution in [2.45, 2.75) is 405 Å². The first-order chi connectivity index (χ1) is 40.5. The number of aliphatic hydroxyl groups excluding tert-OH is 1. The number of allylic oxidation sites excluding steroid dienone is 4. The lowest BCUT2D eigenvalue weighted by Crippen LogP contribution is -2.46. The minimum atomic E-state index is -4.58. The third-order valence-electron chi connectivity index (χ3n) is 17.4. The molecule has 3 unspecified atom stereocenters. The van der Waals surface area contributed by atoms with Crippen molar-refractivity contribution in [1.82, 2.24) is 5.32 Å². The molecule has 3 atom stereocenters. The minimum absolute atomic E-state index is 0.0151. The molecule has 0 saturated heterocycles. The van der Waals surface area contributed by atoms with Crippen molar-refractivity contribution in [3.05, 3.63) is 24.3 Å². The third-order valence-corrected chi connectivity index (χ3v) is 18.4. The first-order valence-electron chi connectivity index (χ1n) is 37.2. The topological polar surface area (TPSA) is 108 Å². The van der Waals surface area contributed by atoms with Crippen molar-refractivity contribution in [2.75, 3.05) is 40.9 Å². The summed E-state index contributed by atoms with van der Waals surface area (Å²) in [4.78, 5) is 25.7. The average molecular weight is 1190 g/mol. The first-order valence-corrected chi connectivity index (χ1v) is 38.6.